The Morgan fingerprint density at radius 1 is 1.05 bits per heavy atom. The zero-order valence-corrected chi connectivity index (χ0v) is 12.3. The molecule has 5 nitrogen and oxygen atoms in total. The zero-order valence-electron chi connectivity index (χ0n) is 12.3. The molecule has 5 heteroatoms. The fourth-order valence-corrected chi connectivity index (χ4v) is 1.91. The van der Waals surface area contributed by atoms with Crippen LogP contribution in [0.4, 0.5) is 0 Å². The molecule has 1 rings (SSSR count). The van der Waals surface area contributed by atoms with E-state index >= 15 is 0 Å². The third-order valence-corrected chi connectivity index (χ3v) is 3.01. The van der Waals surface area contributed by atoms with Crippen LogP contribution in [0.5, 0.6) is 5.75 Å². The number of hydrogen-bond donors (Lipinski definition) is 0. The van der Waals surface area contributed by atoms with E-state index in [9.17, 15) is 9.59 Å². The number of benzene rings is 1. The predicted octanol–water partition coefficient (Wildman–Crippen LogP) is 2.08. The second kappa shape index (κ2) is 6.93. The highest BCUT2D eigenvalue weighted by Gasteiger charge is 2.47. The first-order valence-corrected chi connectivity index (χ1v) is 6.50. The van der Waals surface area contributed by atoms with Gasteiger partial charge in [-0.2, -0.15) is 0 Å². The molecule has 0 unspecified atom stereocenters. The zero-order chi connectivity index (χ0) is 15.2. The summed E-state index contributed by atoms with van der Waals surface area (Å²) in [4.78, 5) is 24.5. The summed E-state index contributed by atoms with van der Waals surface area (Å²) in [5, 5.41) is 0. The van der Waals surface area contributed by atoms with Crippen LogP contribution in [0.2, 0.25) is 0 Å². The Kier molecular flexibility index (Phi) is 5.55. The lowest BCUT2D eigenvalue weighted by Crippen LogP contribution is -2.43. The van der Waals surface area contributed by atoms with Gasteiger partial charge < -0.3 is 14.2 Å². The molecule has 0 aliphatic heterocycles. The molecule has 0 N–H and O–H groups in total. The van der Waals surface area contributed by atoms with Gasteiger partial charge in [0.15, 0.2) is 5.41 Å². The topological polar surface area (TPSA) is 61.8 Å². The molecule has 0 saturated carbocycles. The van der Waals surface area contributed by atoms with Crippen LogP contribution in [0.3, 0.4) is 0 Å². The van der Waals surface area contributed by atoms with Crippen LogP contribution in [-0.2, 0) is 24.5 Å². The number of methoxy groups -OCH3 is 1. The summed E-state index contributed by atoms with van der Waals surface area (Å²) in [6.45, 7) is 5.23. The van der Waals surface area contributed by atoms with Crippen molar-refractivity contribution in [3.05, 3.63) is 29.8 Å². The van der Waals surface area contributed by atoms with Crippen LogP contribution in [0.25, 0.3) is 0 Å². The molecule has 0 fully saturated rings. The Morgan fingerprint density at radius 2 is 1.55 bits per heavy atom. The molecule has 0 heterocycles. The summed E-state index contributed by atoms with van der Waals surface area (Å²) in [6, 6.07) is 6.84. The number of carbonyl (C=O) groups excluding carboxylic acids is 2. The highest BCUT2D eigenvalue weighted by Crippen LogP contribution is 2.34. The van der Waals surface area contributed by atoms with Gasteiger partial charge in [-0.15, -0.1) is 0 Å². The molecule has 20 heavy (non-hydrogen) atoms. The van der Waals surface area contributed by atoms with E-state index in [1.807, 2.05) is 0 Å². The number of carbonyl (C=O) groups is 2. The maximum absolute atomic E-state index is 12.3. The maximum atomic E-state index is 12.3. The van der Waals surface area contributed by atoms with Crippen molar-refractivity contribution in [2.75, 3.05) is 20.3 Å². The Morgan fingerprint density at radius 3 is 2.00 bits per heavy atom. The van der Waals surface area contributed by atoms with Crippen LogP contribution in [0.1, 0.15) is 26.3 Å². The van der Waals surface area contributed by atoms with Crippen molar-refractivity contribution >= 4 is 11.9 Å². The van der Waals surface area contributed by atoms with E-state index in [4.69, 9.17) is 14.2 Å². The quantitative estimate of drug-likeness (QED) is 0.589. The third-order valence-electron chi connectivity index (χ3n) is 3.01. The lowest BCUT2D eigenvalue weighted by Gasteiger charge is -2.26. The molecule has 0 aliphatic rings. The Bertz CT molecular complexity index is 463. The van der Waals surface area contributed by atoms with Crippen LogP contribution < -0.4 is 4.74 Å². The highest BCUT2D eigenvalue weighted by molar-refractivity contribution is 6.06. The fraction of sp³-hybridized carbons (Fsp3) is 0.467. The molecule has 0 saturated heterocycles. The van der Waals surface area contributed by atoms with Crippen molar-refractivity contribution in [1.82, 2.24) is 0 Å². The second-order valence-electron chi connectivity index (χ2n) is 4.27. The van der Waals surface area contributed by atoms with Crippen LogP contribution >= 0.6 is 0 Å². The SMILES string of the molecule is CCOC(=O)C(C)(C(=O)OCC)c1ccccc1OC. The molecule has 0 radical (unpaired) electrons. The van der Waals surface area contributed by atoms with Gasteiger partial charge in [-0.05, 0) is 26.8 Å². The number of ether oxygens (including phenoxy) is 3. The number of esters is 2. The average Bonchev–Trinajstić information content (AvgIpc) is 2.46. The molecule has 0 bridgehead atoms. The summed E-state index contributed by atoms with van der Waals surface area (Å²) in [6.07, 6.45) is 0. The molecule has 1 aromatic carbocycles. The van der Waals surface area contributed by atoms with E-state index in [2.05, 4.69) is 0 Å². The molecule has 1 aromatic rings. The second-order valence-corrected chi connectivity index (χ2v) is 4.27. The lowest BCUT2D eigenvalue weighted by molar-refractivity contribution is -0.163. The monoisotopic (exact) mass is 280 g/mol. The third kappa shape index (κ3) is 2.92. The van der Waals surface area contributed by atoms with Crippen LogP contribution in [-0.4, -0.2) is 32.3 Å². The van der Waals surface area contributed by atoms with Crippen LogP contribution in [0, 0.1) is 0 Å². The number of para-hydroxylation sites is 1. The standard InChI is InChI=1S/C15H20O5/c1-5-19-13(16)15(3,14(17)20-6-2)11-9-7-8-10-12(11)18-4/h7-10H,5-6H2,1-4H3. The minimum atomic E-state index is -1.54. The van der Waals surface area contributed by atoms with Gasteiger partial charge in [0.1, 0.15) is 5.75 Å². The summed E-state index contributed by atoms with van der Waals surface area (Å²) < 4.78 is 15.3. The predicted molar refractivity (Wildman–Crippen MR) is 73.6 cm³/mol. The molecule has 0 aromatic heterocycles. The van der Waals surface area contributed by atoms with Gasteiger partial charge in [0.2, 0.25) is 0 Å². The van der Waals surface area contributed by atoms with Gasteiger partial charge in [-0.25, -0.2) is 0 Å². The van der Waals surface area contributed by atoms with E-state index in [1.165, 1.54) is 14.0 Å². The van der Waals surface area contributed by atoms with E-state index in [0.717, 1.165) is 0 Å². The average molecular weight is 280 g/mol. The van der Waals surface area contributed by atoms with Gasteiger partial charge in [-0.3, -0.25) is 9.59 Å². The molecule has 110 valence electrons. The van der Waals surface area contributed by atoms with Crippen molar-refractivity contribution in [2.24, 2.45) is 0 Å². The van der Waals surface area contributed by atoms with Gasteiger partial charge in [0, 0.05) is 5.56 Å². The Hall–Kier alpha value is -2.04. The van der Waals surface area contributed by atoms with Crippen molar-refractivity contribution < 1.29 is 23.8 Å². The first-order chi connectivity index (χ1) is 9.52. The van der Waals surface area contributed by atoms with Gasteiger partial charge in [-0.1, -0.05) is 18.2 Å². The molecule has 0 spiro atoms. The first-order valence-electron chi connectivity index (χ1n) is 6.50. The van der Waals surface area contributed by atoms with Crippen molar-refractivity contribution in [1.29, 1.82) is 0 Å². The van der Waals surface area contributed by atoms with Gasteiger partial charge in [0.05, 0.1) is 20.3 Å². The molecule has 0 atom stereocenters. The highest BCUT2D eigenvalue weighted by atomic mass is 16.6. The summed E-state index contributed by atoms with van der Waals surface area (Å²) in [7, 11) is 1.48. The summed E-state index contributed by atoms with van der Waals surface area (Å²) in [5.74, 6) is -0.859. The minimum absolute atomic E-state index is 0.184. The fourth-order valence-electron chi connectivity index (χ4n) is 1.91. The minimum Gasteiger partial charge on any atom is -0.496 e. The smallest absolute Gasteiger partial charge is 0.327 e. The maximum Gasteiger partial charge on any atom is 0.327 e. The van der Waals surface area contributed by atoms with Crippen molar-refractivity contribution in [2.45, 2.75) is 26.2 Å². The molecular weight excluding hydrogens is 260 g/mol. The van der Waals surface area contributed by atoms with Crippen LogP contribution in [0.15, 0.2) is 24.3 Å². The van der Waals surface area contributed by atoms with E-state index < -0.39 is 17.4 Å². The lowest BCUT2D eigenvalue weighted by atomic mass is 9.81. The van der Waals surface area contributed by atoms with Gasteiger partial charge in [0.25, 0.3) is 0 Å². The largest absolute Gasteiger partial charge is 0.496 e. The van der Waals surface area contributed by atoms with E-state index in [-0.39, 0.29) is 13.2 Å². The Balaban J connectivity index is 3.36. The molecule has 0 aliphatic carbocycles. The Labute approximate surface area is 118 Å². The summed E-state index contributed by atoms with van der Waals surface area (Å²) in [5.41, 5.74) is -1.11. The van der Waals surface area contributed by atoms with Crippen molar-refractivity contribution in [3.8, 4) is 5.75 Å². The normalized spacial score (nSPS) is 10.8. The van der Waals surface area contributed by atoms with E-state index in [1.54, 1.807) is 38.1 Å². The molecular formula is C15H20O5. The van der Waals surface area contributed by atoms with E-state index in [0.29, 0.717) is 11.3 Å². The molecule has 0 amide bonds. The first kappa shape index (κ1) is 16.0. The van der Waals surface area contributed by atoms with Gasteiger partial charge >= 0.3 is 11.9 Å². The number of rotatable bonds is 6. The van der Waals surface area contributed by atoms with Crippen molar-refractivity contribution in [3.63, 3.8) is 0 Å². The summed E-state index contributed by atoms with van der Waals surface area (Å²) >= 11 is 0. The number of hydrogen-bond acceptors (Lipinski definition) is 5.